The number of carbonyl (C=O) groups is 1. The van der Waals surface area contributed by atoms with Crippen molar-refractivity contribution in [1.29, 1.82) is 0 Å². The normalized spacial score (nSPS) is 17.8. The number of amides is 1. The Hall–Kier alpha value is -3.26. The first-order chi connectivity index (χ1) is 14.2. The summed E-state index contributed by atoms with van der Waals surface area (Å²) in [5, 5.41) is 6.00. The lowest BCUT2D eigenvalue weighted by molar-refractivity contribution is 0.0975. The fourth-order valence-electron chi connectivity index (χ4n) is 3.15. The average Bonchev–Trinajstić information content (AvgIpc) is 3.43. The van der Waals surface area contributed by atoms with Crippen molar-refractivity contribution in [1.82, 2.24) is 5.32 Å². The molecule has 2 aliphatic heterocycles. The molecule has 4 rings (SSSR count). The molecular formula is C21H23N3O5. The van der Waals surface area contributed by atoms with Crippen LogP contribution in [0.2, 0.25) is 0 Å². The molecular weight excluding hydrogens is 374 g/mol. The Morgan fingerprint density at radius 1 is 1.21 bits per heavy atom. The number of hydrogen-bond acceptors (Lipinski definition) is 6. The van der Waals surface area contributed by atoms with Gasteiger partial charge in [-0.2, -0.15) is 0 Å². The quantitative estimate of drug-likeness (QED) is 0.596. The minimum atomic E-state index is -0.289. The third-order valence-corrected chi connectivity index (χ3v) is 4.68. The summed E-state index contributed by atoms with van der Waals surface area (Å²) in [6, 6.07) is 12.4. The van der Waals surface area contributed by atoms with Crippen molar-refractivity contribution in [2.45, 2.75) is 18.9 Å². The van der Waals surface area contributed by atoms with Crippen LogP contribution in [0.4, 0.5) is 5.69 Å². The van der Waals surface area contributed by atoms with Crippen molar-refractivity contribution >= 4 is 17.6 Å². The van der Waals surface area contributed by atoms with Crippen molar-refractivity contribution in [3.63, 3.8) is 0 Å². The van der Waals surface area contributed by atoms with E-state index < -0.39 is 0 Å². The molecule has 0 saturated carbocycles. The van der Waals surface area contributed by atoms with Crippen molar-refractivity contribution in [2.24, 2.45) is 4.99 Å². The molecule has 1 unspecified atom stereocenters. The topological polar surface area (TPSA) is 90.4 Å². The number of benzene rings is 2. The smallest absolute Gasteiger partial charge is 0.258 e. The van der Waals surface area contributed by atoms with E-state index in [0.29, 0.717) is 35.3 Å². The number of methoxy groups -OCH3 is 1. The van der Waals surface area contributed by atoms with Gasteiger partial charge in [-0.1, -0.05) is 6.07 Å². The van der Waals surface area contributed by atoms with Gasteiger partial charge in [-0.25, -0.2) is 4.99 Å². The maximum Gasteiger partial charge on any atom is 0.258 e. The number of anilines is 1. The maximum absolute atomic E-state index is 12.7. The van der Waals surface area contributed by atoms with E-state index in [0.717, 1.165) is 25.1 Å². The molecule has 152 valence electrons. The standard InChI is InChI=1S/C21H23N3O5/c1-26-16-5-2-4-14(10-16)20(25)24-21(22-12-17-6-3-9-27-17)23-15-7-8-18-19(11-15)29-13-28-18/h2,4-5,7-8,10-11,17H,3,6,9,12-13H2,1H3,(H2,22,23,24,25). The van der Waals surface area contributed by atoms with E-state index in [4.69, 9.17) is 18.9 Å². The molecule has 0 aromatic heterocycles. The van der Waals surface area contributed by atoms with Crippen molar-refractivity contribution in [3.05, 3.63) is 48.0 Å². The minimum Gasteiger partial charge on any atom is -0.497 e. The van der Waals surface area contributed by atoms with Gasteiger partial charge in [0.25, 0.3) is 5.91 Å². The van der Waals surface area contributed by atoms with Crippen molar-refractivity contribution in [3.8, 4) is 17.2 Å². The molecule has 2 aromatic carbocycles. The fraction of sp³-hybridized carbons (Fsp3) is 0.333. The van der Waals surface area contributed by atoms with E-state index in [1.54, 1.807) is 31.4 Å². The highest BCUT2D eigenvalue weighted by Gasteiger charge is 2.18. The molecule has 0 spiro atoms. The molecule has 1 atom stereocenters. The van der Waals surface area contributed by atoms with Crippen molar-refractivity contribution < 1.29 is 23.7 Å². The lowest BCUT2D eigenvalue weighted by atomic mass is 10.2. The van der Waals surface area contributed by atoms with Crippen LogP contribution in [0.1, 0.15) is 23.2 Å². The number of guanidine groups is 1. The Morgan fingerprint density at radius 3 is 2.93 bits per heavy atom. The highest BCUT2D eigenvalue weighted by atomic mass is 16.7. The first-order valence-corrected chi connectivity index (χ1v) is 9.49. The molecule has 0 aliphatic carbocycles. The summed E-state index contributed by atoms with van der Waals surface area (Å²) in [6.07, 6.45) is 2.06. The maximum atomic E-state index is 12.7. The van der Waals surface area contributed by atoms with Crippen LogP contribution >= 0.6 is 0 Å². The highest BCUT2D eigenvalue weighted by Crippen LogP contribution is 2.34. The van der Waals surface area contributed by atoms with Gasteiger partial charge in [-0.05, 0) is 43.2 Å². The van der Waals surface area contributed by atoms with Crippen LogP contribution in [-0.2, 0) is 4.74 Å². The Balaban J connectivity index is 1.51. The molecule has 2 heterocycles. The van der Waals surface area contributed by atoms with Gasteiger partial charge in [-0.15, -0.1) is 0 Å². The number of fused-ring (bicyclic) bond motifs is 1. The second kappa shape index (κ2) is 8.83. The van der Waals surface area contributed by atoms with E-state index in [1.165, 1.54) is 0 Å². The zero-order valence-corrected chi connectivity index (χ0v) is 16.1. The molecule has 1 amide bonds. The van der Waals surface area contributed by atoms with Gasteiger partial charge in [0.05, 0.1) is 19.8 Å². The summed E-state index contributed by atoms with van der Waals surface area (Å²) in [4.78, 5) is 17.3. The summed E-state index contributed by atoms with van der Waals surface area (Å²) >= 11 is 0. The SMILES string of the molecule is COc1cccc(C(=O)NC(=NCC2CCCO2)Nc2ccc3c(c2)OCO3)c1. The van der Waals surface area contributed by atoms with E-state index in [9.17, 15) is 4.79 Å². The van der Waals surface area contributed by atoms with Crippen LogP contribution in [0.25, 0.3) is 0 Å². The van der Waals surface area contributed by atoms with Gasteiger partial charge in [0.15, 0.2) is 11.5 Å². The van der Waals surface area contributed by atoms with Gasteiger partial charge in [0.2, 0.25) is 12.8 Å². The van der Waals surface area contributed by atoms with Crippen LogP contribution in [0, 0.1) is 0 Å². The predicted octanol–water partition coefficient (Wildman–Crippen LogP) is 2.80. The van der Waals surface area contributed by atoms with Gasteiger partial charge in [0, 0.05) is 23.9 Å². The Labute approximate surface area is 168 Å². The molecule has 8 nitrogen and oxygen atoms in total. The molecule has 0 bridgehead atoms. The molecule has 2 aliphatic rings. The lowest BCUT2D eigenvalue weighted by Gasteiger charge is -2.14. The highest BCUT2D eigenvalue weighted by molar-refractivity contribution is 6.10. The molecule has 8 heteroatoms. The Morgan fingerprint density at radius 2 is 2.10 bits per heavy atom. The largest absolute Gasteiger partial charge is 0.497 e. The zero-order valence-electron chi connectivity index (χ0n) is 16.1. The van der Waals surface area contributed by atoms with E-state index in [-0.39, 0.29) is 18.8 Å². The van der Waals surface area contributed by atoms with Gasteiger partial charge in [-0.3, -0.25) is 10.1 Å². The number of ether oxygens (including phenoxy) is 4. The zero-order chi connectivity index (χ0) is 20.1. The lowest BCUT2D eigenvalue weighted by Crippen LogP contribution is -2.36. The van der Waals surface area contributed by atoms with Crippen LogP contribution in [0.15, 0.2) is 47.5 Å². The van der Waals surface area contributed by atoms with Crippen LogP contribution < -0.4 is 24.8 Å². The second-order valence-electron chi connectivity index (χ2n) is 6.70. The first-order valence-electron chi connectivity index (χ1n) is 9.49. The molecule has 29 heavy (non-hydrogen) atoms. The summed E-state index contributed by atoms with van der Waals surface area (Å²) in [5.41, 5.74) is 1.20. The van der Waals surface area contributed by atoms with E-state index in [2.05, 4.69) is 15.6 Å². The molecule has 0 radical (unpaired) electrons. The average molecular weight is 397 g/mol. The molecule has 1 fully saturated rings. The Kier molecular flexibility index (Phi) is 5.81. The third-order valence-electron chi connectivity index (χ3n) is 4.68. The monoisotopic (exact) mass is 397 g/mol. The third kappa shape index (κ3) is 4.78. The number of aliphatic imine (C=N–C) groups is 1. The van der Waals surface area contributed by atoms with Crippen LogP contribution in [-0.4, -0.2) is 45.0 Å². The summed E-state index contributed by atoms with van der Waals surface area (Å²) < 4.78 is 21.6. The second-order valence-corrected chi connectivity index (χ2v) is 6.70. The fourth-order valence-corrected chi connectivity index (χ4v) is 3.15. The summed E-state index contributed by atoms with van der Waals surface area (Å²) in [7, 11) is 1.56. The van der Waals surface area contributed by atoms with Crippen molar-refractivity contribution in [2.75, 3.05) is 32.4 Å². The number of hydrogen-bond donors (Lipinski definition) is 2. The van der Waals surface area contributed by atoms with Gasteiger partial charge in [0.1, 0.15) is 5.75 Å². The van der Waals surface area contributed by atoms with E-state index in [1.807, 2.05) is 18.2 Å². The number of nitrogens with zero attached hydrogens (tertiary/aromatic N) is 1. The Bertz CT molecular complexity index is 909. The number of carbonyl (C=O) groups excluding carboxylic acids is 1. The first kappa shape index (κ1) is 19.1. The van der Waals surface area contributed by atoms with Crippen LogP contribution in [0.5, 0.6) is 17.2 Å². The van der Waals surface area contributed by atoms with Gasteiger partial charge >= 0.3 is 0 Å². The molecule has 2 N–H and O–H groups in total. The predicted molar refractivity (Wildman–Crippen MR) is 108 cm³/mol. The van der Waals surface area contributed by atoms with Gasteiger partial charge < -0.3 is 24.3 Å². The van der Waals surface area contributed by atoms with E-state index >= 15 is 0 Å². The van der Waals surface area contributed by atoms with Crippen LogP contribution in [0.3, 0.4) is 0 Å². The summed E-state index contributed by atoms with van der Waals surface area (Å²) in [5.74, 6) is 2.00. The molecule has 1 saturated heterocycles. The number of rotatable bonds is 5. The molecule has 2 aromatic rings. The number of nitrogens with one attached hydrogen (secondary N) is 2. The summed E-state index contributed by atoms with van der Waals surface area (Å²) in [6.45, 7) is 1.41. The minimum absolute atomic E-state index is 0.0669.